The monoisotopic (exact) mass is 219 g/mol. The molecule has 0 radical (unpaired) electrons. The third-order valence-electron chi connectivity index (χ3n) is 2.82. The van der Waals surface area contributed by atoms with Crippen molar-refractivity contribution >= 4 is 6.08 Å². The van der Waals surface area contributed by atoms with Gasteiger partial charge in [-0.1, -0.05) is 19.4 Å². The summed E-state index contributed by atoms with van der Waals surface area (Å²) in [6.45, 7) is 7.45. The molecule has 3 nitrogen and oxygen atoms in total. The molecule has 16 heavy (non-hydrogen) atoms. The molecule has 0 spiro atoms. The van der Waals surface area contributed by atoms with E-state index < -0.39 is 0 Å². The van der Waals surface area contributed by atoms with Gasteiger partial charge in [-0.05, 0) is 25.8 Å². The van der Waals surface area contributed by atoms with Gasteiger partial charge >= 0.3 is 0 Å². The smallest absolute Gasteiger partial charge is 0.0953 e. The molecule has 0 aromatic carbocycles. The van der Waals surface area contributed by atoms with Crippen molar-refractivity contribution in [1.29, 1.82) is 0 Å². The van der Waals surface area contributed by atoms with Gasteiger partial charge < -0.3 is 9.88 Å². The van der Waals surface area contributed by atoms with E-state index in [1.54, 1.807) is 0 Å². The molecule has 3 heteroatoms. The molecule has 0 amide bonds. The molecular formula is C13H21N3. The van der Waals surface area contributed by atoms with E-state index in [0.717, 1.165) is 6.54 Å². The maximum atomic E-state index is 4.23. The summed E-state index contributed by atoms with van der Waals surface area (Å²) in [5, 5.41) is 3.42. The second-order valence-corrected chi connectivity index (χ2v) is 4.98. The lowest BCUT2D eigenvalue weighted by Crippen LogP contribution is -2.24. The van der Waals surface area contributed by atoms with E-state index in [1.807, 2.05) is 12.5 Å². The minimum atomic E-state index is 0.539. The van der Waals surface area contributed by atoms with Crippen LogP contribution in [0.1, 0.15) is 45.3 Å². The van der Waals surface area contributed by atoms with Crippen molar-refractivity contribution in [2.45, 2.75) is 45.7 Å². The van der Waals surface area contributed by atoms with Crippen molar-refractivity contribution in [1.82, 2.24) is 14.9 Å². The first-order valence-corrected chi connectivity index (χ1v) is 6.09. The molecule has 0 bridgehead atoms. The van der Waals surface area contributed by atoms with Gasteiger partial charge in [0.05, 0.1) is 18.2 Å². The molecule has 1 heterocycles. The van der Waals surface area contributed by atoms with Crippen molar-refractivity contribution in [3.63, 3.8) is 0 Å². The largest absolute Gasteiger partial charge is 0.328 e. The second kappa shape index (κ2) is 4.83. The normalized spacial score (nSPS) is 17.1. The summed E-state index contributed by atoms with van der Waals surface area (Å²) in [5.41, 5.74) is 2.60. The Morgan fingerprint density at radius 2 is 2.38 bits per heavy atom. The number of nitrogens with zero attached hydrogens (tertiary/aromatic N) is 2. The van der Waals surface area contributed by atoms with Crippen LogP contribution in [0.3, 0.4) is 0 Å². The van der Waals surface area contributed by atoms with E-state index in [1.165, 1.54) is 24.1 Å². The molecule has 2 rings (SSSR count). The lowest BCUT2D eigenvalue weighted by Gasteiger charge is -2.08. The Morgan fingerprint density at radius 1 is 1.62 bits per heavy atom. The minimum Gasteiger partial charge on any atom is -0.328 e. The third kappa shape index (κ3) is 2.95. The maximum Gasteiger partial charge on any atom is 0.0953 e. The first-order valence-electron chi connectivity index (χ1n) is 6.09. The Labute approximate surface area is 97.6 Å². The number of hydrogen-bond donors (Lipinski definition) is 1. The second-order valence-electron chi connectivity index (χ2n) is 4.98. The third-order valence-corrected chi connectivity index (χ3v) is 2.82. The van der Waals surface area contributed by atoms with Gasteiger partial charge in [0, 0.05) is 18.6 Å². The standard InChI is InChI=1S/C13H21N3/c1-10(2)15-7-11(3)6-13-8-14-9-16(13)12-4-5-12/h6,8-10,12,15H,4-5,7H2,1-3H3. The van der Waals surface area contributed by atoms with Gasteiger partial charge in [0.1, 0.15) is 0 Å². The van der Waals surface area contributed by atoms with Crippen molar-refractivity contribution in [2.75, 3.05) is 6.54 Å². The van der Waals surface area contributed by atoms with E-state index in [0.29, 0.717) is 12.1 Å². The molecule has 1 aromatic rings. The lowest BCUT2D eigenvalue weighted by atomic mass is 10.2. The highest BCUT2D eigenvalue weighted by Crippen LogP contribution is 2.35. The maximum absolute atomic E-state index is 4.23. The van der Waals surface area contributed by atoms with Gasteiger partial charge in [-0.25, -0.2) is 4.98 Å². The Balaban J connectivity index is 2.00. The predicted octanol–water partition coefficient (Wildman–Crippen LogP) is 2.62. The van der Waals surface area contributed by atoms with Gasteiger partial charge in [0.25, 0.3) is 0 Å². The summed E-state index contributed by atoms with van der Waals surface area (Å²) in [6.07, 6.45) is 8.76. The average Bonchev–Trinajstić information content (AvgIpc) is 2.97. The van der Waals surface area contributed by atoms with Gasteiger partial charge in [-0.2, -0.15) is 0 Å². The molecule has 0 unspecified atom stereocenters. The summed E-state index contributed by atoms with van der Waals surface area (Å²) < 4.78 is 2.29. The quantitative estimate of drug-likeness (QED) is 0.825. The highest BCUT2D eigenvalue weighted by Gasteiger charge is 2.24. The van der Waals surface area contributed by atoms with Gasteiger partial charge in [-0.15, -0.1) is 0 Å². The number of hydrogen-bond acceptors (Lipinski definition) is 2. The summed E-state index contributed by atoms with van der Waals surface area (Å²) in [4.78, 5) is 4.23. The molecule has 1 aliphatic rings. The molecule has 0 atom stereocenters. The number of rotatable bonds is 5. The van der Waals surface area contributed by atoms with Crippen LogP contribution in [-0.4, -0.2) is 22.1 Å². The van der Waals surface area contributed by atoms with Crippen LogP contribution >= 0.6 is 0 Å². The molecule has 1 fully saturated rings. The zero-order valence-electron chi connectivity index (χ0n) is 10.4. The molecule has 0 saturated heterocycles. The Bertz CT molecular complexity index is 372. The highest BCUT2D eigenvalue weighted by atomic mass is 15.1. The number of aromatic nitrogens is 2. The number of nitrogens with one attached hydrogen (secondary N) is 1. The van der Waals surface area contributed by atoms with Crippen LogP contribution in [0, 0.1) is 0 Å². The summed E-state index contributed by atoms with van der Waals surface area (Å²) in [6, 6.07) is 1.25. The summed E-state index contributed by atoms with van der Waals surface area (Å²) >= 11 is 0. The van der Waals surface area contributed by atoms with E-state index in [-0.39, 0.29) is 0 Å². The molecule has 1 N–H and O–H groups in total. The molecule has 1 aromatic heterocycles. The van der Waals surface area contributed by atoms with Crippen LogP contribution < -0.4 is 5.32 Å². The number of imidazole rings is 1. The molecular weight excluding hydrogens is 198 g/mol. The van der Waals surface area contributed by atoms with Crippen LogP contribution in [-0.2, 0) is 0 Å². The van der Waals surface area contributed by atoms with E-state index in [4.69, 9.17) is 0 Å². The SMILES string of the molecule is CC(=Cc1cncn1C1CC1)CNC(C)C. The average molecular weight is 219 g/mol. The van der Waals surface area contributed by atoms with Crippen LogP contribution in [0.15, 0.2) is 18.1 Å². The van der Waals surface area contributed by atoms with Crippen molar-refractivity contribution < 1.29 is 0 Å². The fraction of sp³-hybridized carbons (Fsp3) is 0.615. The first kappa shape index (κ1) is 11.4. The zero-order chi connectivity index (χ0) is 11.5. The summed E-state index contributed by atoms with van der Waals surface area (Å²) in [5.74, 6) is 0. The van der Waals surface area contributed by atoms with Gasteiger partial charge in [0.2, 0.25) is 0 Å². The molecule has 1 aliphatic carbocycles. The van der Waals surface area contributed by atoms with Crippen molar-refractivity contribution in [3.8, 4) is 0 Å². The van der Waals surface area contributed by atoms with E-state index in [2.05, 4.69) is 41.7 Å². The van der Waals surface area contributed by atoms with Crippen LogP contribution in [0.2, 0.25) is 0 Å². The van der Waals surface area contributed by atoms with Gasteiger partial charge in [0.15, 0.2) is 0 Å². The van der Waals surface area contributed by atoms with E-state index >= 15 is 0 Å². The lowest BCUT2D eigenvalue weighted by molar-refractivity contribution is 0.622. The van der Waals surface area contributed by atoms with Crippen molar-refractivity contribution in [3.05, 3.63) is 23.8 Å². The fourth-order valence-corrected chi connectivity index (χ4v) is 1.75. The van der Waals surface area contributed by atoms with E-state index in [9.17, 15) is 0 Å². The zero-order valence-corrected chi connectivity index (χ0v) is 10.4. The molecule has 88 valence electrons. The van der Waals surface area contributed by atoms with Crippen LogP contribution in [0.5, 0.6) is 0 Å². The van der Waals surface area contributed by atoms with Crippen LogP contribution in [0.4, 0.5) is 0 Å². The first-order chi connectivity index (χ1) is 7.66. The minimum absolute atomic E-state index is 0.539. The Kier molecular flexibility index (Phi) is 3.44. The van der Waals surface area contributed by atoms with Crippen molar-refractivity contribution in [2.24, 2.45) is 0 Å². The molecule has 1 saturated carbocycles. The Hall–Kier alpha value is -1.09. The van der Waals surface area contributed by atoms with Gasteiger partial charge in [-0.3, -0.25) is 0 Å². The molecule has 0 aliphatic heterocycles. The predicted molar refractivity (Wildman–Crippen MR) is 67.3 cm³/mol. The van der Waals surface area contributed by atoms with Crippen LogP contribution in [0.25, 0.3) is 6.08 Å². The Morgan fingerprint density at radius 3 is 3.00 bits per heavy atom. The fourth-order valence-electron chi connectivity index (χ4n) is 1.75. The topological polar surface area (TPSA) is 29.9 Å². The summed E-state index contributed by atoms with van der Waals surface area (Å²) in [7, 11) is 0. The highest BCUT2D eigenvalue weighted by molar-refractivity contribution is 5.48.